The van der Waals surface area contributed by atoms with Crippen LogP contribution in [0.15, 0.2) is 69.0 Å². The first-order valence-corrected chi connectivity index (χ1v) is 15.1. The van der Waals surface area contributed by atoms with Crippen molar-refractivity contribution in [2.45, 2.75) is 76.5 Å². The van der Waals surface area contributed by atoms with E-state index in [9.17, 15) is 23.5 Å². The fraction of sp³-hybridized carbons (Fsp3) is 0.406. The smallest absolute Gasteiger partial charge is 1.00 e. The Morgan fingerprint density at radius 3 is 2.46 bits per heavy atom. The zero-order chi connectivity index (χ0) is 31.5. The molecular weight excluding hydrogens is 625 g/mol. The molecule has 1 saturated carbocycles. The van der Waals surface area contributed by atoms with Gasteiger partial charge < -0.3 is 11.3 Å². The zero-order valence-electron chi connectivity index (χ0n) is 26.7. The molecule has 6 rings (SSSR count). The fourth-order valence-corrected chi connectivity index (χ4v) is 6.15. The summed E-state index contributed by atoms with van der Waals surface area (Å²) in [6.45, 7) is 1.64. The predicted octanol–water partition coefficient (Wildman–Crippen LogP) is 1.69. The summed E-state index contributed by atoms with van der Waals surface area (Å²) in [6.07, 6.45) is 0.774. The number of aromatic amines is 1. The Morgan fingerprint density at radius 1 is 1.09 bits per heavy atom. The van der Waals surface area contributed by atoms with Crippen LogP contribution in [0.2, 0.25) is 0 Å². The van der Waals surface area contributed by atoms with E-state index in [4.69, 9.17) is 9.26 Å². The van der Waals surface area contributed by atoms with Crippen molar-refractivity contribution in [3.63, 3.8) is 0 Å². The molecule has 1 atom stereocenters. The number of fused-ring (bicyclic) bond motifs is 1. The quantitative estimate of drug-likeness (QED) is 0.204. The van der Waals surface area contributed by atoms with Crippen molar-refractivity contribution in [2.24, 2.45) is 0 Å². The summed E-state index contributed by atoms with van der Waals surface area (Å²) in [4.78, 5) is 32.8. The number of ether oxygens (including phenoxy) is 1. The van der Waals surface area contributed by atoms with E-state index in [0.29, 0.717) is 55.7 Å². The molecule has 1 unspecified atom stereocenters. The first-order valence-electron chi connectivity index (χ1n) is 15.1. The molecule has 0 aliphatic heterocycles. The van der Waals surface area contributed by atoms with E-state index in [0.717, 1.165) is 34.4 Å². The van der Waals surface area contributed by atoms with Gasteiger partial charge >= 0.3 is 57.1 Å². The van der Waals surface area contributed by atoms with E-state index in [1.807, 2.05) is 48.5 Å². The molecule has 1 aliphatic carbocycles. The van der Waals surface area contributed by atoms with Crippen LogP contribution in [-0.4, -0.2) is 59.7 Å². The summed E-state index contributed by atoms with van der Waals surface area (Å²) < 4.78 is 39.1. The van der Waals surface area contributed by atoms with Crippen LogP contribution in [0.4, 0.5) is 8.78 Å². The van der Waals surface area contributed by atoms with Crippen LogP contribution >= 0.6 is 0 Å². The van der Waals surface area contributed by atoms with Gasteiger partial charge in [-0.3, -0.25) is 18.9 Å². The van der Waals surface area contributed by atoms with Crippen molar-refractivity contribution in [1.29, 1.82) is 0 Å². The Morgan fingerprint density at radius 2 is 1.80 bits per heavy atom. The molecule has 3 aromatic heterocycles. The van der Waals surface area contributed by atoms with E-state index in [1.165, 1.54) is 6.33 Å². The molecule has 2 aromatic carbocycles. The minimum Gasteiger partial charge on any atom is -1.00 e. The van der Waals surface area contributed by atoms with Gasteiger partial charge in [0, 0.05) is 23.6 Å². The molecule has 1 aliphatic rings. The average molecular weight is 661 g/mol. The Hall–Kier alpha value is -2.85. The van der Waals surface area contributed by atoms with Gasteiger partial charge in [0.25, 0.3) is 12.0 Å². The minimum atomic E-state index is -2.85. The van der Waals surface area contributed by atoms with Gasteiger partial charge in [-0.2, -0.15) is 10.1 Å². The number of aromatic nitrogens is 6. The topological polar surface area (TPSA) is 141 Å². The second-order valence-electron chi connectivity index (χ2n) is 11.4. The largest absolute Gasteiger partial charge is 1.00 e. The minimum absolute atomic E-state index is 0. The number of hydrogen-bond donors (Lipinski definition) is 2. The van der Waals surface area contributed by atoms with Gasteiger partial charge in [-0.05, 0) is 48.8 Å². The van der Waals surface area contributed by atoms with E-state index >= 15 is 0 Å². The number of aliphatic hydroxyl groups is 1. The molecule has 3 heterocycles. The average Bonchev–Trinajstić information content (AvgIpc) is 3.72. The number of hydrogen-bond acceptors (Lipinski definition) is 8. The van der Waals surface area contributed by atoms with Gasteiger partial charge in [0.05, 0.1) is 18.4 Å². The Bertz CT molecular complexity index is 1890. The Kier molecular flexibility index (Phi) is 11.5. The summed E-state index contributed by atoms with van der Waals surface area (Å²) in [5, 5.41) is 17.7. The number of aryl methyl sites for hydroxylation is 1. The standard InChI is InChI=1S/C32H34F2N6O5.K.H/c1-2-5-26-25(16-19-8-10-20(11-9-19)23-6-3-4-7-24(23)29-37-32(43)45-38-29)30(42)39(31-35-18-36-40(26)31)21-12-14-22(15-13-21)44-17-27(41)28(33)34;;/h3-4,6-11,18,21-22,27-28,41H,2,5,12-17H2,1H3,(H,37,38,43);;/q;+1;-1. The first-order chi connectivity index (χ1) is 21.8. The Balaban J connectivity index is 0.00000250. The van der Waals surface area contributed by atoms with Gasteiger partial charge in [0.2, 0.25) is 5.78 Å². The van der Waals surface area contributed by atoms with Crippen LogP contribution < -0.4 is 62.7 Å². The van der Waals surface area contributed by atoms with Crippen molar-refractivity contribution in [2.75, 3.05) is 6.61 Å². The van der Waals surface area contributed by atoms with Crippen LogP contribution in [0.5, 0.6) is 0 Å². The molecule has 0 spiro atoms. The first kappa shape index (κ1) is 34.5. The van der Waals surface area contributed by atoms with Crippen LogP contribution in [0, 0.1) is 0 Å². The van der Waals surface area contributed by atoms with Crippen LogP contribution in [0.3, 0.4) is 0 Å². The van der Waals surface area contributed by atoms with E-state index < -0.39 is 24.9 Å². The number of aliphatic hydroxyl groups excluding tert-OH is 1. The molecule has 14 heteroatoms. The number of H-pyrrole nitrogens is 1. The third-order valence-corrected chi connectivity index (χ3v) is 8.38. The predicted molar refractivity (Wildman–Crippen MR) is 162 cm³/mol. The van der Waals surface area contributed by atoms with Crippen LogP contribution in [0.25, 0.3) is 28.3 Å². The van der Waals surface area contributed by atoms with Crippen LogP contribution in [0.1, 0.15) is 63.3 Å². The summed E-state index contributed by atoms with van der Waals surface area (Å²) in [5.74, 6) is 0.207. The van der Waals surface area contributed by atoms with Crippen molar-refractivity contribution >= 4 is 5.78 Å². The van der Waals surface area contributed by atoms with Gasteiger partial charge in [0.1, 0.15) is 12.4 Å². The molecule has 2 N–H and O–H groups in total. The van der Waals surface area contributed by atoms with E-state index in [2.05, 4.69) is 27.1 Å². The summed E-state index contributed by atoms with van der Waals surface area (Å²) in [5.41, 5.74) is 4.83. The normalized spacial score (nSPS) is 17.3. The SMILES string of the molecule is CCCc1c(Cc2ccc(-c3ccccc3-c3noc(=O)[nH]3)cc2)c(=O)n(C2CCC(OCC(O)C(F)F)CC2)c2ncnn12.[H-].[K+]. The van der Waals surface area contributed by atoms with Gasteiger partial charge in [-0.1, -0.05) is 67.0 Å². The third-order valence-electron chi connectivity index (χ3n) is 8.38. The number of benzene rings is 2. The van der Waals surface area contributed by atoms with Crippen molar-refractivity contribution in [1.82, 2.24) is 29.3 Å². The molecule has 1 fully saturated rings. The molecule has 0 bridgehead atoms. The zero-order valence-corrected chi connectivity index (χ0v) is 28.9. The summed E-state index contributed by atoms with van der Waals surface area (Å²) in [6, 6.07) is 15.3. The Labute approximate surface area is 306 Å². The third kappa shape index (κ3) is 7.33. The molecule has 5 aromatic rings. The number of nitrogens with one attached hydrogen (secondary N) is 1. The molecule has 0 saturated heterocycles. The number of halogens is 2. The monoisotopic (exact) mass is 660 g/mol. The summed E-state index contributed by atoms with van der Waals surface area (Å²) in [7, 11) is 0. The molecular formula is C32H35F2KN6O5. The van der Waals surface area contributed by atoms with Gasteiger partial charge in [0.15, 0.2) is 5.82 Å². The van der Waals surface area contributed by atoms with Crippen molar-refractivity contribution in [3.8, 4) is 22.5 Å². The molecule has 11 nitrogen and oxygen atoms in total. The maximum atomic E-state index is 14.2. The molecule has 238 valence electrons. The van der Waals surface area contributed by atoms with Crippen molar-refractivity contribution in [3.05, 3.63) is 92.6 Å². The van der Waals surface area contributed by atoms with Crippen molar-refractivity contribution < 1.29 is 76.0 Å². The second kappa shape index (κ2) is 15.4. The molecule has 0 amide bonds. The summed E-state index contributed by atoms with van der Waals surface area (Å²) >= 11 is 0. The fourth-order valence-electron chi connectivity index (χ4n) is 6.15. The molecule has 46 heavy (non-hydrogen) atoms. The van der Waals surface area contributed by atoms with E-state index in [1.54, 1.807) is 9.08 Å². The van der Waals surface area contributed by atoms with E-state index in [-0.39, 0.29) is 70.5 Å². The number of rotatable bonds is 11. The molecule has 0 radical (unpaired) electrons. The number of alkyl halides is 2. The van der Waals surface area contributed by atoms with Gasteiger partial charge in [-0.15, -0.1) is 0 Å². The maximum absolute atomic E-state index is 14.2. The second-order valence-corrected chi connectivity index (χ2v) is 11.4. The van der Waals surface area contributed by atoms with Crippen LogP contribution in [-0.2, 0) is 17.6 Å². The maximum Gasteiger partial charge on any atom is 1.00 e. The van der Waals surface area contributed by atoms with Gasteiger partial charge in [-0.25, -0.2) is 18.1 Å². The number of nitrogens with zero attached hydrogens (tertiary/aromatic N) is 5.